The maximum Gasteiger partial charge on any atom is 0.222 e. The van der Waals surface area contributed by atoms with Crippen molar-refractivity contribution in [1.82, 2.24) is 4.90 Å². The van der Waals surface area contributed by atoms with Crippen molar-refractivity contribution < 1.29 is 4.79 Å². The highest BCUT2D eigenvalue weighted by atomic mass is 16.2. The molecule has 0 N–H and O–H groups in total. The molecule has 14 heavy (non-hydrogen) atoms. The van der Waals surface area contributed by atoms with Gasteiger partial charge in [-0.25, -0.2) is 0 Å². The summed E-state index contributed by atoms with van der Waals surface area (Å²) in [6.07, 6.45) is 2.59. The van der Waals surface area contributed by atoms with Crippen LogP contribution in [0, 0.1) is 17.2 Å². The highest BCUT2D eigenvalue weighted by molar-refractivity contribution is 5.76. The number of hydrogen-bond acceptors (Lipinski definition) is 2. The van der Waals surface area contributed by atoms with Crippen LogP contribution in [0.1, 0.15) is 40.0 Å². The van der Waals surface area contributed by atoms with Crippen molar-refractivity contribution in [2.24, 2.45) is 5.92 Å². The second-order valence-electron chi connectivity index (χ2n) is 3.57. The van der Waals surface area contributed by atoms with E-state index in [9.17, 15) is 4.79 Å². The minimum atomic E-state index is -0.0690. The Morgan fingerprint density at radius 2 is 2.14 bits per heavy atom. The van der Waals surface area contributed by atoms with Gasteiger partial charge in [-0.3, -0.25) is 4.79 Å². The molecule has 0 spiro atoms. The van der Waals surface area contributed by atoms with Crippen LogP contribution in [0.5, 0.6) is 0 Å². The van der Waals surface area contributed by atoms with E-state index in [1.807, 2.05) is 13.8 Å². The van der Waals surface area contributed by atoms with Crippen LogP contribution in [0.3, 0.4) is 0 Å². The number of hydrogen-bond donors (Lipinski definition) is 0. The zero-order valence-corrected chi connectivity index (χ0v) is 9.42. The summed E-state index contributed by atoms with van der Waals surface area (Å²) in [5, 5.41) is 8.65. The highest BCUT2D eigenvalue weighted by Gasteiger charge is 2.13. The lowest BCUT2D eigenvalue weighted by atomic mass is 10.1. The number of unbranched alkanes of at least 4 members (excludes halogenated alkanes) is 1. The number of carbonyl (C=O) groups excluding carboxylic acids is 1. The van der Waals surface area contributed by atoms with Crippen LogP contribution in [0.4, 0.5) is 0 Å². The summed E-state index contributed by atoms with van der Waals surface area (Å²) in [5.74, 6) is 0.108. The number of nitrogens with zero attached hydrogens (tertiary/aromatic N) is 2. The molecule has 0 saturated heterocycles. The molecule has 0 saturated carbocycles. The van der Waals surface area contributed by atoms with Gasteiger partial charge in [0, 0.05) is 19.5 Å². The van der Waals surface area contributed by atoms with Crippen molar-refractivity contribution in [2.45, 2.75) is 40.0 Å². The minimum Gasteiger partial charge on any atom is -0.342 e. The first-order valence-corrected chi connectivity index (χ1v) is 5.33. The molecule has 0 aromatic rings. The summed E-state index contributed by atoms with van der Waals surface area (Å²) in [4.78, 5) is 13.4. The van der Waals surface area contributed by atoms with Gasteiger partial charge >= 0.3 is 0 Å². The topological polar surface area (TPSA) is 44.1 Å². The molecule has 3 nitrogen and oxygen atoms in total. The Morgan fingerprint density at radius 1 is 1.50 bits per heavy atom. The average molecular weight is 196 g/mol. The molecule has 0 radical (unpaired) electrons. The van der Waals surface area contributed by atoms with Crippen molar-refractivity contribution in [3.8, 4) is 6.07 Å². The van der Waals surface area contributed by atoms with Crippen molar-refractivity contribution in [3.63, 3.8) is 0 Å². The SMILES string of the molecule is CCCCC(=O)N(CC)CC(C)C#N. The van der Waals surface area contributed by atoms with Crippen LogP contribution < -0.4 is 0 Å². The molecule has 0 rings (SSSR count). The fourth-order valence-corrected chi connectivity index (χ4v) is 1.26. The third kappa shape index (κ3) is 4.86. The predicted molar refractivity (Wildman–Crippen MR) is 56.6 cm³/mol. The van der Waals surface area contributed by atoms with Crippen LogP contribution in [0.15, 0.2) is 0 Å². The normalized spacial score (nSPS) is 11.9. The summed E-state index contributed by atoms with van der Waals surface area (Å²) in [6.45, 7) is 7.13. The Kier molecular flexibility index (Phi) is 6.82. The summed E-state index contributed by atoms with van der Waals surface area (Å²) in [6, 6.07) is 2.15. The Balaban J connectivity index is 4.00. The van der Waals surface area contributed by atoms with Crippen LogP contribution in [0.2, 0.25) is 0 Å². The number of carbonyl (C=O) groups is 1. The molecule has 1 atom stereocenters. The summed E-state index contributed by atoms with van der Waals surface area (Å²) in [5.41, 5.74) is 0. The fraction of sp³-hybridized carbons (Fsp3) is 0.818. The minimum absolute atomic E-state index is 0.0690. The highest BCUT2D eigenvalue weighted by Crippen LogP contribution is 2.04. The fourth-order valence-electron chi connectivity index (χ4n) is 1.26. The third-order valence-electron chi connectivity index (χ3n) is 2.19. The molecular weight excluding hydrogens is 176 g/mol. The largest absolute Gasteiger partial charge is 0.342 e. The Hall–Kier alpha value is -1.04. The molecule has 0 bridgehead atoms. The molecule has 0 heterocycles. The van der Waals surface area contributed by atoms with Crippen LogP contribution in [-0.4, -0.2) is 23.9 Å². The lowest BCUT2D eigenvalue weighted by Crippen LogP contribution is -2.34. The number of nitriles is 1. The molecule has 0 aromatic heterocycles. The van der Waals surface area contributed by atoms with E-state index < -0.39 is 0 Å². The van der Waals surface area contributed by atoms with Gasteiger partial charge in [0.15, 0.2) is 0 Å². The number of amides is 1. The molecule has 0 aromatic carbocycles. The number of rotatable bonds is 6. The average Bonchev–Trinajstić information content (AvgIpc) is 2.21. The van der Waals surface area contributed by atoms with Gasteiger partial charge in [0.1, 0.15) is 0 Å². The molecule has 80 valence electrons. The van der Waals surface area contributed by atoms with Gasteiger partial charge in [-0.2, -0.15) is 5.26 Å². The molecule has 0 fully saturated rings. The quantitative estimate of drug-likeness (QED) is 0.653. The van der Waals surface area contributed by atoms with Gasteiger partial charge in [0.2, 0.25) is 5.91 Å². The van der Waals surface area contributed by atoms with Gasteiger partial charge < -0.3 is 4.90 Å². The van der Waals surface area contributed by atoms with Crippen molar-refractivity contribution in [1.29, 1.82) is 5.26 Å². The lowest BCUT2D eigenvalue weighted by Gasteiger charge is -2.21. The first-order valence-electron chi connectivity index (χ1n) is 5.33. The maximum atomic E-state index is 11.6. The Bertz CT molecular complexity index is 208. The van der Waals surface area contributed by atoms with E-state index in [0.29, 0.717) is 19.5 Å². The van der Waals surface area contributed by atoms with Crippen molar-refractivity contribution in [3.05, 3.63) is 0 Å². The first-order chi connectivity index (χ1) is 6.65. The van der Waals surface area contributed by atoms with E-state index in [2.05, 4.69) is 13.0 Å². The monoisotopic (exact) mass is 196 g/mol. The van der Waals surface area contributed by atoms with Gasteiger partial charge in [0.05, 0.1) is 12.0 Å². The van der Waals surface area contributed by atoms with Gasteiger partial charge in [-0.05, 0) is 20.3 Å². The second-order valence-corrected chi connectivity index (χ2v) is 3.57. The first kappa shape index (κ1) is 13.0. The van der Waals surface area contributed by atoms with E-state index in [0.717, 1.165) is 12.8 Å². The van der Waals surface area contributed by atoms with E-state index in [1.54, 1.807) is 4.90 Å². The summed E-state index contributed by atoms with van der Waals surface area (Å²) >= 11 is 0. The van der Waals surface area contributed by atoms with E-state index in [1.165, 1.54) is 0 Å². The standard InChI is InChI=1S/C11H20N2O/c1-4-6-7-11(14)13(5-2)9-10(3)8-12/h10H,4-7,9H2,1-3H3. The third-order valence-corrected chi connectivity index (χ3v) is 2.19. The Labute approximate surface area is 86.7 Å². The molecule has 0 aliphatic carbocycles. The molecule has 0 aliphatic heterocycles. The summed E-state index contributed by atoms with van der Waals surface area (Å²) in [7, 11) is 0. The lowest BCUT2D eigenvalue weighted by molar-refractivity contribution is -0.131. The smallest absolute Gasteiger partial charge is 0.222 e. The molecule has 1 amide bonds. The second kappa shape index (κ2) is 7.37. The zero-order chi connectivity index (χ0) is 11.0. The van der Waals surface area contributed by atoms with Crippen molar-refractivity contribution in [2.75, 3.05) is 13.1 Å². The molecule has 0 aliphatic rings. The Morgan fingerprint density at radius 3 is 2.57 bits per heavy atom. The van der Waals surface area contributed by atoms with E-state index >= 15 is 0 Å². The summed E-state index contributed by atoms with van der Waals surface area (Å²) < 4.78 is 0. The van der Waals surface area contributed by atoms with Gasteiger partial charge in [0.25, 0.3) is 0 Å². The molecule has 3 heteroatoms. The van der Waals surface area contributed by atoms with Crippen molar-refractivity contribution >= 4 is 5.91 Å². The van der Waals surface area contributed by atoms with Gasteiger partial charge in [-0.15, -0.1) is 0 Å². The predicted octanol–water partition coefficient (Wildman–Crippen LogP) is 2.18. The van der Waals surface area contributed by atoms with Crippen LogP contribution in [-0.2, 0) is 4.79 Å². The van der Waals surface area contributed by atoms with E-state index in [-0.39, 0.29) is 11.8 Å². The zero-order valence-electron chi connectivity index (χ0n) is 9.42. The molecular formula is C11H20N2O. The van der Waals surface area contributed by atoms with Crippen LogP contribution in [0.25, 0.3) is 0 Å². The van der Waals surface area contributed by atoms with Gasteiger partial charge in [-0.1, -0.05) is 13.3 Å². The molecule has 1 unspecified atom stereocenters. The maximum absolute atomic E-state index is 11.6. The van der Waals surface area contributed by atoms with E-state index in [4.69, 9.17) is 5.26 Å². The van der Waals surface area contributed by atoms with Crippen LogP contribution >= 0.6 is 0 Å².